The van der Waals surface area contributed by atoms with E-state index in [-0.39, 0.29) is 5.91 Å². The highest BCUT2D eigenvalue weighted by atomic mass is 16.2. The third-order valence-electron chi connectivity index (χ3n) is 4.86. The van der Waals surface area contributed by atoms with Gasteiger partial charge < -0.3 is 9.80 Å². The molecule has 1 atom stereocenters. The molecular formula is C21H27N3O. The lowest BCUT2D eigenvalue weighted by Gasteiger charge is -2.31. The van der Waals surface area contributed by atoms with Gasteiger partial charge in [0.15, 0.2) is 0 Å². The molecule has 1 aliphatic rings. The van der Waals surface area contributed by atoms with Crippen LogP contribution in [0.5, 0.6) is 0 Å². The van der Waals surface area contributed by atoms with Crippen LogP contribution < -0.4 is 4.90 Å². The minimum Gasteiger partial charge on any atom is -0.340 e. The van der Waals surface area contributed by atoms with Gasteiger partial charge >= 0.3 is 0 Å². The summed E-state index contributed by atoms with van der Waals surface area (Å²) in [7, 11) is 0. The molecule has 132 valence electrons. The van der Waals surface area contributed by atoms with Gasteiger partial charge in [-0.3, -0.25) is 9.78 Å². The van der Waals surface area contributed by atoms with Crippen molar-refractivity contribution in [2.75, 3.05) is 24.5 Å². The van der Waals surface area contributed by atoms with Crippen molar-refractivity contribution in [2.45, 2.75) is 33.6 Å². The number of piperidine rings is 1. The molecule has 3 rings (SSSR count). The average molecular weight is 337 g/mol. The number of hydrogen-bond acceptors (Lipinski definition) is 3. The Morgan fingerprint density at radius 1 is 1.28 bits per heavy atom. The zero-order valence-electron chi connectivity index (χ0n) is 15.4. The molecule has 0 radical (unpaired) electrons. The fourth-order valence-corrected chi connectivity index (χ4v) is 3.56. The Balaban J connectivity index is 1.86. The van der Waals surface area contributed by atoms with E-state index in [1.807, 2.05) is 17.2 Å². The zero-order valence-corrected chi connectivity index (χ0v) is 15.4. The van der Waals surface area contributed by atoms with Crippen LogP contribution >= 0.6 is 0 Å². The quantitative estimate of drug-likeness (QED) is 0.828. The van der Waals surface area contributed by atoms with E-state index in [4.69, 9.17) is 0 Å². The van der Waals surface area contributed by atoms with Gasteiger partial charge in [0.05, 0.1) is 17.4 Å². The normalized spacial score (nSPS) is 17.4. The lowest BCUT2D eigenvalue weighted by Crippen LogP contribution is -2.39. The highest BCUT2D eigenvalue weighted by Crippen LogP contribution is 2.26. The van der Waals surface area contributed by atoms with Crippen molar-refractivity contribution in [2.24, 2.45) is 5.92 Å². The van der Waals surface area contributed by atoms with Gasteiger partial charge in [-0.1, -0.05) is 19.1 Å². The molecule has 0 spiro atoms. The van der Waals surface area contributed by atoms with Gasteiger partial charge in [-0.15, -0.1) is 0 Å². The summed E-state index contributed by atoms with van der Waals surface area (Å²) in [5, 5.41) is 0. The number of nitrogens with zero attached hydrogens (tertiary/aromatic N) is 3. The first kappa shape index (κ1) is 17.5. The standard InChI is InChI=1S/C21H27N3O/c1-4-24(19-9-5-7-16(2)11-19)20-12-18(13-22-14-20)21(25)23-10-6-8-17(3)15-23/h5,7,9,11-14,17H,4,6,8,10,15H2,1-3H3. The third-order valence-corrected chi connectivity index (χ3v) is 4.86. The number of aromatic nitrogens is 1. The van der Waals surface area contributed by atoms with Crippen molar-refractivity contribution in [1.82, 2.24) is 9.88 Å². The Hall–Kier alpha value is -2.36. The van der Waals surface area contributed by atoms with Crippen molar-refractivity contribution >= 4 is 17.3 Å². The predicted molar refractivity (Wildman–Crippen MR) is 102 cm³/mol. The summed E-state index contributed by atoms with van der Waals surface area (Å²) in [5.74, 6) is 0.675. The first-order valence-corrected chi connectivity index (χ1v) is 9.17. The second-order valence-corrected chi connectivity index (χ2v) is 7.01. The topological polar surface area (TPSA) is 36.4 Å². The fourth-order valence-electron chi connectivity index (χ4n) is 3.56. The van der Waals surface area contributed by atoms with Crippen molar-refractivity contribution in [3.63, 3.8) is 0 Å². The number of carbonyl (C=O) groups is 1. The van der Waals surface area contributed by atoms with Crippen molar-refractivity contribution in [3.8, 4) is 0 Å². The number of hydrogen-bond donors (Lipinski definition) is 0. The lowest BCUT2D eigenvalue weighted by atomic mass is 10.00. The molecule has 1 saturated heterocycles. The van der Waals surface area contributed by atoms with Gasteiger partial charge in [0, 0.05) is 31.5 Å². The van der Waals surface area contributed by atoms with Crippen molar-refractivity contribution < 1.29 is 4.79 Å². The van der Waals surface area contributed by atoms with Crippen LogP contribution in [-0.2, 0) is 0 Å². The highest BCUT2D eigenvalue weighted by molar-refractivity contribution is 5.95. The van der Waals surface area contributed by atoms with Crippen LogP contribution in [0.1, 0.15) is 42.6 Å². The second-order valence-electron chi connectivity index (χ2n) is 7.01. The van der Waals surface area contributed by atoms with E-state index in [0.717, 1.165) is 37.4 Å². The Morgan fingerprint density at radius 3 is 2.84 bits per heavy atom. The molecule has 25 heavy (non-hydrogen) atoms. The first-order chi connectivity index (χ1) is 12.1. The molecule has 2 heterocycles. The molecule has 0 bridgehead atoms. The van der Waals surface area contributed by atoms with Crippen LogP contribution in [0.3, 0.4) is 0 Å². The van der Waals surface area contributed by atoms with Crippen LogP contribution in [0.2, 0.25) is 0 Å². The first-order valence-electron chi connectivity index (χ1n) is 9.17. The largest absolute Gasteiger partial charge is 0.340 e. The number of amides is 1. The Labute approximate surface area is 150 Å². The Morgan fingerprint density at radius 2 is 2.12 bits per heavy atom. The summed E-state index contributed by atoms with van der Waals surface area (Å²) in [6.45, 7) is 8.94. The van der Waals surface area contributed by atoms with Crippen LogP contribution in [0.4, 0.5) is 11.4 Å². The predicted octanol–water partition coefficient (Wildman–Crippen LogP) is 4.42. The summed E-state index contributed by atoms with van der Waals surface area (Å²) in [6, 6.07) is 10.4. The summed E-state index contributed by atoms with van der Waals surface area (Å²) in [6.07, 6.45) is 5.82. The van der Waals surface area contributed by atoms with Gasteiger partial charge in [-0.05, 0) is 56.4 Å². The summed E-state index contributed by atoms with van der Waals surface area (Å²) in [5.41, 5.74) is 3.99. The minimum absolute atomic E-state index is 0.0983. The van der Waals surface area contributed by atoms with Crippen LogP contribution in [0.15, 0.2) is 42.7 Å². The van der Waals surface area contributed by atoms with Crippen LogP contribution in [0.25, 0.3) is 0 Å². The molecule has 0 saturated carbocycles. The molecule has 4 heteroatoms. The van der Waals surface area contributed by atoms with E-state index < -0.39 is 0 Å². The number of pyridine rings is 1. The molecule has 2 aromatic rings. The maximum absolute atomic E-state index is 12.9. The molecule has 0 aliphatic carbocycles. The van der Waals surface area contributed by atoms with E-state index >= 15 is 0 Å². The summed E-state index contributed by atoms with van der Waals surface area (Å²) in [4.78, 5) is 21.4. The summed E-state index contributed by atoms with van der Waals surface area (Å²) >= 11 is 0. The minimum atomic E-state index is 0.0983. The third kappa shape index (κ3) is 4.01. The monoisotopic (exact) mass is 337 g/mol. The number of aryl methyl sites for hydroxylation is 1. The van der Waals surface area contributed by atoms with Gasteiger partial charge in [0.2, 0.25) is 0 Å². The van der Waals surface area contributed by atoms with Gasteiger partial charge in [0.1, 0.15) is 0 Å². The highest BCUT2D eigenvalue weighted by Gasteiger charge is 2.23. The molecule has 1 aromatic heterocycles. The molecule has 1 aromatic carbocycles. The fraction of sp³-hybridized carbons (Fsp3) is 0.429. The number of carbonyl (C=O) groups excluding carboxylic acids is 1. The maximum atomic E-state index is 12.9. The van der Waals surface area contributed by atoms with Gasteiger partial charge in [0.25, 0.3) is 5.91 Å². The van der Waals surface area contributed by atoms with E-state index in [0.29, 0.717) is 11.5 Å². The number of benzene rings is 1. The van der Waals surface area contributed by atoms with E-state index in [1.165, 1.54) is 12.0 Å². The van der Waals surface area contributed by atoms with Crippen molar-refractivity contribution in [1.29, 1.82) is 0 Å². The average Bonchev–Trinajstić information content (AvgIpc) is 2.62. The number of likely N-dealkylation sites (tertiary alicyclic amines) is 1. The number of rotatable bonds is 4. The van der Waals surface area contributed by atoms with E-state index in [2.05, 4.69) is 54.9 Å². The Kier molecular flexibility index (Phi) is 5.37. The van der Waals surface area contributed by atoms with Crippen LogP contribution in [-0.4, -0.2) is 35.4 Å². The summed E-state index contributed by atoms with van der Waals surface area (Å²) < 4.78 is 0. The van der Waals surface area contributed by atoms with Gasteiger partial charge in [-0.25, -0.2) is 0 Å². The Bertz CT molecular complexity index is 743. The van der Waals surface area contributed by atoms with Crippen LogP contribution in [0, 0.1) is 12.8 Å². The smallest absolute Gasteiger partial charge is 0.255 e. The van der Waals surface area contributed by atoms with Crippen molar-refractivity contribution in [3.05, 3.63) is 53.9 Å². The van der Waals surface area contributed by atoms with Gasteiger partial charge in [-0.2, -0.15) is 0 Å². The molecule has 1 unspecified atom stereocenters. The number of anilines is 2. The van der Waals surface area contributed by atoms with E-state index in [1.54, 1.807) is 6.20 Å². The molecule has 0 N–H and O–H groups in total. The zero-order chi connectivity index (χ0) is 17.8. The maximum Gasteiger partial charge on any atom is 0.255 e. The second kappa shape index (κ2) is 7.68. The molecular weight excluding hydrogens is 310 g/mol. The molecule has 4 nitrogen and oxygen atoms in total. The lowest BCUT2D eigenvalue weighted by molar-refractivity contribution is 0.0682. The molecule has 1 fully saturated rings. The molecule has 1 aliphatic heterocycles. The van der Waals surface area contributed by atoms with E-state index in [9.17, 15) is 4.79 Å². The SMILES string of the molecule is CCN(c1cccc(C)c1)c1cncc(C(=O)N2CCCC(C)C2)c1. The molecule has 1 amide bonds.